The maximum Gasteiger partial charge on any atom is 0.321 e. The highest BCUT2D eigenvalue weighted by Gasteiger charge is 2.29. The van der Waals surface area contributed by atoms with E-state index in [9.17, 15) is 14.3 Å². The molecule has 0 unspecified atom stereocenters. The van der Waals surface area contributed by atoms with E-state index < -0.39 is 11.9 Å². The molecule has 2 rings (SSSR count). The van der Waals surface area contributed by atoms with Gasteiger partial charge in [0.2, 0.25) is 0 Å². The minimum absolute atomic E-state index is 0.0837. The van der Waals surface area contributed by atoms with Gasteiger partial charge >= 0.3 is 6.03 Å². The smallest absolute Gasteiger partial charge is 0.321 e. The first-order chi connectivity index (χ1) is 9.51. The first-order valence-corrected chi connectivity index (χ1v) is 6.62. The largest absolute Gasteiger partial charge is 0.396 e. The minimum atomic E-state index is -0.729. The van der Waals surface area contributed by atoms with Crippen molar-refractivity contribution in [3.8, 4) is 0 Å². The Bertz CT molecular complexity index is 495. The number of β-amino-alcohol motifs (C(OH)–C–C–N with tert-alkyl or cyclic N) is 1. The van der Waals surface area contributed by atoms with Gasteiger partial charge in [-0.3, -0.25) is 0 Å². The van der Waals surface area contributed by atoms with E-state index in [1.54, 1.807) is 13.0 Å². The van der Waals surface area contributed by atoms with Crippen LogP contribution in [0.3, 0.4) is 0 Å². The highest BCUT2D eigenvalue weighted by molar-refractivity contribution is 5.90. The Morgan fingerprint density at radius 3 is 2.95 bits per heavy atom. The summed E-state index contributed by atoms with van der Waals surface area (Å²) in [5, 5.41) is 21.5. The average Bonchev–Trinajstić information content (AvgIpc) is 2.42. The summed E-state index contributed by atoms with van der Waals surface area (Å²) in [5.74, 6) is -0.597. The number of rotatable bonds is 2. The number of piperidine rings is 1. The normalized spacial score (nSPS) is 22.7. The lowest BCUT2D eigenvalue weighted by atomic mass is 9.95. The molecule has 1 aromatic rings. The Hall–Kier alpha value is -1.66. The summed E-state index contributed by atoms with van der Waals surface area (Å²) in [6.45, 7) is 2.33. The molecular weight excluding hydrogens is 263 g/mol. The summed E-state index contributed by atoms with van der Waals surface area (Å²) in [4.78, 5) is 13.6. The number of aliphatic hydroxyl groups excluding tert-OH is 2. The lowest BCUT2D eigenvalue weighted by Crippen LogP contribution is -2.49. The van der Waals surface area contributed by atoms with E-state index >= 15 is 0 Å². The molecule has 0 bridgehead atoms. The molecule has 6 heteroatoms. The molecule has 1 aliphatic heterocycles. The topological polar surface area (TPSA) is 72.8 Å². The van der Waals surface area contributed by atoms with Gasteiger partial charge in [0.15, 0.2) is 0 Å². The number of hydrogen-bond donors (Lipinski definition) is 3. The third kappa shape index (κ3) is 3.26. The van der Waals surface area contributed by atoms with Crippen LogP contribution in [0.2, 0.25) is 0 Å². The number of aliphatic hydroxyl groups is 2. The van der Waals surface area contributed by atoms with Gasteiger partial charge in [0, 0.05) is 31.3 Å². The number of amides is 2. The molecule has 3 N–H and O–H groups in total. The zero-order valence-corrected chi connectivity index (χ0v) is 11.3. The first-order valence-electron chi connectivity index (χ1n) is 6.62. The first kappa shape index (κ1) is 14.7. The Kier molecular flexibility index (Phi) is 4.57. The fourth-order valence-electron chi connectivity index (χ4n) is 2.30. The van der Waals surface area contributed by atoms with Gasteiger partial charge in [0.1, 0.15) is 5.82 Å². The second-order valence-electron chi connectivity index (χ2n) is 5.13. The van der Waals surface area contributed by atoms with Crippen LogP contribution in [0.25, 0.3) is 0 Å². The maximum atomic E-state index is 13.2. The van der Waals surface area contributed by atoms with E-state index in [1.165, 1.54) is 17.0 Å². The molecule has 0 aliphatic carbocycles. The molecule has 1 aliphatic rings. The van der Waals surface area contributed by atoms with Gasteiger partial charge < -0.3 is 20.4 Å². The van der Waals surface area contributed by atoms with E-state index in [0.29, 0.717) is 18.7 Å². The molecular formula is C14H19FN2O3. The highest BCUT2D eigenvalue weighted by Crippen LogP contribution is 2.20. The number of anilines is 1. The Morgan fingerprint density at radius 2 is 2.30 bits per heavy atom. The van der Waals surface area contributed by atoms with Crippen LogP contribution >= 0.6 is 0 Å². The summed E-state index contributed by atoms with van der Waals surface area (Å²) in [6, 6.07) is 3.83. The Balaban J connectivity index is 2.00. The number of carbonyl (C=O) groups excluding carboxylic acids is 1. The van der Waals surface area contributed by atoms with E-state index in [1.807, 2.05) is 0 Å². The molecule has 1 aromatic carbocycles. The van der Waals surface area contributed by atoms with E-state index in [-0.39, 0.29) is 25.1 Å². The quantitative estimate of drug-likeness (QED) is 0.766. The molecule has 5 nitrogen and oxygen atoms in total. The molecule has 110 valence electrons. The Morgan fingerprint density at radius 1 is 1.55 bits per heavy atom. The summed E-state index contributed by atoms with van der Waals surface area (Å²) < 4.78 is 13.2. The zero-order chi connectivity index (χ0) is 14.7. The fraction of sp³-hybridized carbons (Fsp3) is 0.500. The molecule has 0 spiro atoms. The molecule has 1 fully saturated rings. The second-order valence-corrected chi connectivity index (χ2v) is 5.13. The number of likely N-dealkylation sites (tertiary alicyclic amines) is 1. The van der Waals surface area contributed by atoms with Crippen molar-refractivity contribution in [3.05, 3.63) is 29.6 Å². The van der Waals surface area contributed by atoms with Crippen LogP contribution in [0.5, 0.6) is 0 Å². The summed E-state index contributed by atoms with van der Waals surface area (Å²) in [5.41, 5.74) is 1.19. The third-order valence-electron chi connectivity index (χ3n) is 3.68. The van der Waals surface area contributed by atoms with Crippen LogP contribution in [0.4, 0.5) is 14.9 Å². The van der Waals surface area contributed by atoms with Crippen molar-refractivity contribution in [1.29, 1.82) is 0 Å². The van der Waals surface area contributed by atoms with Crippen LogP contribution in [0, 0.1) is 18.7 Å². The lowest BCUT2D eigenvalue weighted by molar-refractivity contribution is 0.0123. The molecule has 2 amide bonds. The van der Waals surface area contributed by atoms with Gasteiger partial charge in [0.25, 0.3) is 0 Å². The summed E-state index contributed by atoms with van der Waals surface area (Å²) in [7, 11) is 0. The molecule has 1 heterocycles. The van der Waals surface area contributed by atoms with Crippen molar-refractivity contribution in [3.63, 3.8) is 0 Å². The van der Waals surface area contributed by atoms with Crippen LogP contribution in [0.1, 0.15) is 12.0 Å². The van der Waals surface area contributed by atoms with Gasteiger partial charge in [-0.1, -0.05) is 6.07 Å². The maximum absolute atomic E-state index is 13.2. The van der Waals surface area contributed by atoms with Crippen LogP contribution in [-0.2, 0) is 0 Å². The molecule has 0 aromatic heterocycles. The van der Waals surface area contributed by atoms with Crippen LogP contribution in [0.15, 0.2) is 18.2 Å². The molecule has 20 heavy (non-hydrogen) atoms. The standard InChI is InChI=1S/C14H19FN2O3/c1-9-2-3-11(15)6-12(9)16-14(20)17-5-4-10(8-18)13(19)7-17/h2-3,6,10,13,18-19H,4-5,7-8H2,1H3,(H,16,20)/t10-,13-/m1/s1. The van der Waals surface area contributed by atoms with Crippen molar-refractivity contribution in [2.45, 2.75) is 19.4 Å². The zero-order valence-electron chi connectivity index (χ0n) is 11.3. The molecule has 2 atom stereocenters. The van der Waals surface area contributed by atoms with E-state index in [0.717, 1.165) is 5.56 Å². The molecule has 0 radical (unpaired) electrons. The summed E-state index contributed by atoms with van der Waals surface area (Å²) in [6.07, 6.45) is -0.180. The number of nitrogens with zero attached hydrogens (tertiary/aromatic N) is 1. The monoisotopic (exact) mass is 282 g/mol. The Labute approximate surface area is 117 Å². The van der Waals surface area contributed by atoms with Gasteiger partial charge in [-0.2, -0.15) is 0 Å². The van der Waals surface area contributed by atoms with Crippen molar-refractivity contribution in [2.24, 2.45) is 5.92 Å². The number of benzene rings is 1. The molecule has 0 saturated carbocycles. The van der Waals surface area contributed by atoms with Crippen molar-refractivity contribution < 1.29 is 19.4 Å². The van der Waals surface area contributed by atoms with Gasteiger partial charge in [-0.25, -0.2) is 9.18 Å². The van der Waals surface area contributed by atoms with Crippen molar-refractivity contribution in [1.82, 2.24) is 4.90 Å². The fourth-order valence-corrected chi connectivity index (χ4v) is 2.30. The van der Waals surface area contributed by atoms with Gasteiger partial charge in [-0.15, -0.1) is 0 Å². The van der Waals surface area contributed by atoms with Crippen molar-refractivity contribution >= 4 is 11.7 Å². The molecule has 1 saturated heterocycles. The van der Waals surface area contributed by atoms with E-state index in [4.69, 9.17) is 5.11 Å². The predicted octanol–water partition coefficient (Wildman–Crippen LogP) is 1.34. The number of urea groups is 1. The number of carbonyl (C=O) groups is 1. The SMILES string of the molecule is Cc1ccc(F)cc1NC(=O)N1CC[C@H](CO)[C@H](O)C1. The summed E-state index contributed by atoms with van der Waals surface area (Å²) >= 11 is 0. The van der Waals surface area contributed by atoms with E-state index in [2.05, 4.69) is 5.32 Å². The number of nitrogens with one attached hydrogen (secondary N) is 1. The second kappa shape index (κ2) is 6.19. The van der Waals surface area contributed by atoms with Crippen LogP contribution < -0.4 is 5.32 Å². The minimum Gasteiger partial charge on any atom is -0.396 e. The highest BCUT2D eigenvalue weighted by atomic mass is 19.1. The number of hydrogen-bond acceptors (Lipinski definition) is 3. The lowest BCUT2D eigenvalue weighted by Gasteiger charge is -2.35. The predicted molar refractivity (Wildman–Crippen MR) is 72.9 cm³/mol. The van der Waals surface area contributed by atoms with Crippen molar-refractivity contribution in [2.75, 3.05) is 25.0 Å². The van der Waals surface area contributed by atoms with Gasteiger partial charge in [0.05, 0.1) is 6.10 Å². The van der Waals surface area contributed by atoms with Crippen LogP contribution in [-0.4, -0.2) is 46.9 Å². The number of aryl methyl sites for hydroxylation is 1. The number of halogens is 1. The van der Waals surface area contributed by atoms with Gasteiger partial charge in [-0.05, 0) is 31.0 Å². The third-order valence-corrected chi connectivity index (χ3v) is 3.68. The average molecular weight is 282 g/mol.